The molecule has 1 unspecified atom stereocenters. The first-order chi connectivity index (χ1) is 10.3. The molecule has 0 spiro atoms. The molecule has 3 rings (SSSR count). The van der Waals surface area contributed by atoms with E-state index in [0.717, 1.165) is 16.9 Å². The highest BCUT2D eigenvalue weighted by Gasteiger charge is 2.25. The summed E-state index contributed by atoms with van der Waals surface area (Å²) in [5.74, 6) is 0.827. The molecule has 1 aliphatic rings. The molecule has 0 saturated carbocycles. The Balaban J connectivity index is 1.85. The third-order valence-electron chi connectivity index (χ3n) is 3.15. The van der Waals surface area contributed by atoms with Gasteiger partial charge in [-0.25, -0.2) is 4.79 Å². The molecule has 0 N–H and O–H groups in total. The number of carbonyl (C=O) groups excluding carboxylic acids is 1. The van der Waals surface area contributed by atoms with Crippen molar-refractivity contribution in [1.29, 1.82) is 0 Å². The van der Waals surface area contributed by atoms with Gasteiger partial charge in [-0.1, -0.05) is 30.3 Å². The summed E-state index contributed by atoms with van der Waals surface area (Å²) < 4.78 is 16.1. The summed E-state index contributed by atoms with van der Waals surface area (Å²) >= 11 is 0. The van der Waals surface area contributed by atoms with Crippen LogP contribution in [0.4, 0.5) is 0 Å². The van der Waals surface area contributed by atoms with Gasteiger partial charge in [-0.15, -0.1) is 0 Å². The van der Waals surface area contributed by atoms with Gasteiger partial charge in [0.1, 0.15) is 11.5 Å². The Labute approximate surface area is 122 Å². The van der Waals surface area contributed by atoms with Crippen LogP contribution in [-0.2, 0) is 14.3 Å². The average Bonchev–Trinajstić information content (AvgIpc) is 2.55. The molecule has 2 aromatic rings. The molecule has 1 atom stereocenters. The summed E-state index contributed by atoms with van der Waals surface area (Å²) in [5.41, 5.74) is 1.60. The van der Waals surface area contributed by atoms with Crippen molar-refractivity contribution in [2.45, 2.75) is 6.29 Å². The lowest BCUT2D eigenvalue weighted by molar-refractivity contribution is -0.166. The van der Waals surface area contributed by atoms with Crippen LogP contribution in [0, 0.1) is 0 Å². The minimum Gasteiger partial charge on any atom is -0.497 e. The fourth-order valence-corrected chi connectivity index (χ4v) is 2.07. The number of rotatable bonds is 3. The van der Waals surface area contributed by atoms with Crippen molar-refractivity contribution in [3.8, 4) is 5.75 Å². The first-order valence-electron chi connectivity index (χ1n) is 6.54. The monoisotopic (exact) mass is 282 g/mol. The van der Waals surface area contributed by atoms with Gasteiger partial charge in [-0.3, -0.25) is 0 Å². The van der Waals surface area contributed by atoms with Crippen molar-refractivity contribution in [1.82, 2.24) is 0 Å². The van der Waals surface area contributed by atoms with Crippen molar-refractivity contribution >= 4 is 11.7 Å². The van der Waals surface area contributed by atoms with Crippen molar-refractivity contribution in [3.05, 3.63) is 71.8 Å². The molecule has 4 nitrogen and oxygen atoms in total. The molecule has 4 heteroatoms. The highest BCUT2D eigenvalue weighted by molar-refractivity contribution is 5.90. The van der Waals surface area contributed by atoms with Crippen LogP contribution >= 0.6 is 0 Å². The zero-order valence-electron chi connectivity index (χ0n) is 11.5. The Hall–Kier alpha value is -2.75. The third-order valence-corrected chi connectivity index (χ3v) is 3.15. The van der Waals surface area contributed by atoms with Gasteiger partial charge in [-0.05, 0) is 24.3 Å². The Morgan fingerprint density at radius 1 is 0.952 bits per heavy atom. The number of cyclic esters (lactones) is 1. The van der Waals surface area contributed by atoms with Gasteiger partial charge in [0.2, 0.25) is 0 Å². The molecular weight excluding hydrogens is 268 g/mol. The van der Waals surface area contributed by atoms with Crippen LogP contribution in [0.3, 0.4) is 0 Å². The summed E-state index contributed by atoms with van der Waals surface area (Å²) in [4.78, 5) is 11.8. The maximum atomic E-state index is 11.8. The predicted molar refractivity (Wildman–Crippen MR) is 77.3 cm³/mol. The minimum atomic E-state index is -0.747. The largest absolute Gasteiger partial charge is 0.497 e. The zero-order chi connectivity index (χ0) is 14.7. The van der Waals surface area contributed by atoms with Gasteiger partial charge in [0.25, 0.3) is 6.29 Å². The van der Waals surface area contributed by atoms with Gasteiger partial charge in [0, 0.05) is 11.1 Å². The van der Waals surface area contributed by atoms with E-state index in [1.807, 2.05) is 42.5 Å². The molecule has 0 radical (unpaired) electrons. The molecule has 0 fully saturated rings. The Morgan fingerprint density at radius 3 is 2.33 bits per heavy atom. The lowest BCUT2D eigenvalue weighted by Gasteiger charge is -2.24. The molecule has 0 aromatic heterocycles. The van der Waals surface area contributed by atoms with Gasteiger partial charge in [-0.2, -0.15) is 0 Å². The second-order valence-corrected chi connectivity index (χ2v) is 4.53. The van der Waals surface area contributed by atoms with Crippen molar-refractivity contribution in [3.63, 3.8) is 0 Å². The van der Waals surface area contributed by atoms with Gasteiger partial charge in [0.15, 0.2) is 0 Å². The fraction of sp³-hybridized carbons (Fsp3) is 0.118. The van der Waals surface area contributed by atoms with Crippen LogP contribution in [0.1, 0.15) is 17.4 Å². The SMILES string of the molecule is COc1ccc(C2OC(=O)C=C(c3ccccc3)O2)cc1. The second-order valence-electron chi connectivity index (χ2n) is 4.53. The standard InChI is InChI=1S/C17H14O4/c1-19-14-9-7-13(8-10-14)17-20-15(11-16(18)21-17)12-5-3-2-4-6-12/h2-11,17H,1H3. The molecule has 0 bridgehead atoms. The van der Waals surface area contributed by atoms with Crippen LogP contribution in [0.15, 0.2) is 60.7 Å². The molecule has 0 aliphatic carbocycles. The van der Waals surface area contributed by atoms with Crippen molar-refractivity contribution in [2.24, 2.45) is 0 Å². The number of hydrogen-bond donors (Lipinski definition) is 0. The molecule has 21 heavy (non-hydrogen) atoms. The second kappa shape index (κ2) is 5.71. The smallest absolute Gasteiger partial charge is 0.337 e. The number of benzene rings is 2. The van der Waals surface area contributed by atoms with E-state index in [4.69, 9.17) is 14.2 Å². The van der Waals surface area contributed by atoms with Crippen LogP contribution in [-0.4, -0.2) is 13.1 Å². The summed E-state index contributed by atoms with van der Waals surface area (Å²) in [6.07, 6.45) is 0.610. The fourth-order valence-electron chi connectivity index (χ4n) is 2.07. The molecule has 0 amide bonds. The van der Waals surface area contributed by atoms with Crippen LogP contribution in [0.5, 0.6) is 5.75 Å². The van der Waals surface area contributed by atoms with Crippen LogP contribution in [0.2, 0.25) is 0 Å². The lowest BCUT2D eigenvalue weighted by atomic mass is 10.1. The molecular formula is C17H14O4. The maximum Gasteiger partial charge on any atom is 0.337 e. The van der Waals surface area contributed by atoms with E-state index < -0.39 is 12.3 Å². The predicted octanol–water partition coefficient (Wildman–Crippen LogP) is 3.31. The number of esters is 1. The molecule has 1 heterocycles. The van der Waals surface area contributed by atoms with E-state index in [1.165, 1.54) is 6.08 Å². The van der Waals surface area contributed by atoms with Gasteiger partial charge >= 0.3 is 5.97 Å². The minimum absolute atomic E-state index is 0.416. The van der Waals surface area contributed by atoms with Crippen molar-refractivity contribution in [2.75, 3.05) is 7.11 Å². The van der Waals surface area contributed by atoms with E-state index in [0.29, 0.717) is 5.76 Å². The van der Waals surface area contributed by atoms with E-state index >= 15 is 0 Å². The summed E-state index contributed by atoms with van der Waals surface area (Å²) in [5, 5.41) is 0. The summed E-state index contributed by atoms with van der Waals surface area (Å²) in [7, 11) is 1.60. The number of ether oxygens (including phenoxy) is 3. The van der Waals surface area contributed by atoms with Crippen LogP contribution in [0.25, 0.3) is 5.76 Å². The van der Waals surface area contributed by atoms with E-state index in [9.17, 15) is 4.79 Å². The Bertz CT molecular complexity index is 659. The van der Waals surface area contributed by atoms with Crippen LogP contribution < -0.4 is 4.74 Å². The summed E-state index contributed by atoms with van der Waals surface area (Å²) in [6, 6.07) is 16.7. The lowest BCUT2D eigenvalue weighted by Crippen LogP contribution is -2.18. The number of methoxy groups -OCH3 is 1. The van der Waals surface area contributed by atoms with E-state index in [2.05, 4.69) is 0 Å². The highest BCUT2D eigenvalue weighted by atomic mass is 16.7. The van der Waals surface area contributed by atoms with Gasteiger partial charge in [0.05, 0.1) is 13.2 Å². The first kappa shape index (κ1) is 13.2. The van der Waals surface area contributed by atoms with E-state index in [-0.39, 0.29) is 0 Å². The number of carbonyl (C=O) groups is 1. The van der Waals surface area contributed by atoms with Crippen molar-refractivity contribution < 1.29 is 19.0 Å². The maximum absolute atomic E-state index is 11.8. The van der Waals surface area contributed by atoms with Gasteiger partial charge < -0.3 is 14.2 Å². The molecule has 1 aliphatic heterocycles. The summed E-state index contributed by atoms with van der Waals surface area (Å²) in [6.45, 7) is 0. The molecule has 2 aromatic carbocycles. The first-order valence-corrected chi connectivity index (χ1v) is 6.54. The molecule has 106 valence electrons. The topological polar surface area (TPSA) is 44.8 Å². The average molecular weight is 282 g/mol. The zero-order valence-corrected chi connectivity index (χ0v) is 11.5. The highest BCUT2D eigenvalue weighted by Crippen LogP contribution is 2.31. The Kier molecular flexibility index (Phi) is 3.60. The third kappa shape index (κ3) is 2.89. The Morgan fingerprint density at radius 2 is 1.67 bits per heavy atom. The number of hydrogen-bond acceptors (Lipinski definition) is 4. The molecule has 0 saturated heterocycles. The van der Waals surface area contributed by atoms with E-state index in [1.54, 1.807) is 19.2 Å². The normalized spacial score (nSPS) is 17.5. The quantitative estimate of drug-likeness (QED) is 0.810.